The van der Waals surface area contributed by atoms with Gasteiger partial charge >= 0.3 is 0 Å². The van der Waals surface area contributed by atoms with Crippen molar-refractivity contribution in [3.63, 3.8) is 0 Å². The lowest BCUT2D eigenvalue weighted by Crippen LogP contribution is -2.24. The van der Waals surface area contributed by atoms with E-state index in [4.69, 9.17) is 5.26 Å². The zero-order valence-corrected chi connectivity index (χ0v) is 9.72. The van der Waals surface area contributed by atoms with Crippen LogP contribution in [0.4, 0.5) is 5.00 Å². The molecule has 0 spiro atoms. The Morgan fingerprint density at radius 2 is 2.53 bits per heavy atom. The largest absolute Gasteiger partial charge is 0.302 e. The first kappa shape index (κ1) is 10.5. The van der Waals surface area contributed by atoms with E-state index in [0.717, 1.165) is 10.8 Å². The fourth-order valence-corrected chi connectivity index (χ4v) is 2.82. The Labute approximate surface area is 97.7 Å². The fraction of sp³-hybridized carbons (Fsp3) is 0.400. The number of hydrogen-bond donors (Lipinski definition) is 1. The van der Waals surface area contributed by atoms with Crippen LogP contribution >= 0.6 is 24.0 Å². The maximum absolute atomic E-state index is 11.7. The van der Waals surface area contributed by atoms with E-state index >= 15 is 0 Å². The van der Waals surface area contributed by atoms with E-state index in [1.807, 2.05) is 5.38 Å². The van der Waals surface area contributed by atoms with E-state index in [1.54, 1.807) is 11.0 Å². The van der Waals surface area contributed by atoms with Crippen LogP contribution < -0.4 is 4.90 Å². The van der Waals surface area contributed by atoms with Gasteiger partial charge in [0.25, 0.3) is 0 Å². The highest BCUT2D eigenvalue weighted by molar-refractivity contribution is 7.80. The Kier molecular flexibility index (Phi) is 2.98. The summed E-state index contributed by atoms with van der Waals surface area (Å²) in [5.41, 5.74) is 0.591. The second-order valence-corrected chi connectivity index (χ2v) is 4.77. The summed E-state index contributed by atoms with van der Waals surface area (Å²) < 4.78 is 0. The Balaban J connectivity index is 2.26. The van der Waals surface area contributed by atoms with E-state index in [0.29, 0.717) is 24.4 Å². The van der Waals surface area contributed by atoms with Gasteiger partial charge in [-0.15, -0.1) is 11.3 Å². The molecule has 3 nitrogen and oxygen atoms in total. The Bertz CT molecular complexity index is 421. The third-order valence-corrected chi connectivity index (χ3v) is 3.93. The molecule has 2 heterocycles. The van der Waals surface area contributed by atoms with Gasteiger partial charge in [0, 0.05) is 13.0 Å². The van der Waals surface area contributed by atoms with Gasteiger partial charge in [-0.25, -0.2) is 0 Å². The summed E-state index contributed by atoms with van der Waals surface area (Å²) in [6.45, 7) is 0.692. The maximum Gasteiger partial charge on any atom is 0.228 e. The lowest BCUT2D eigenvalue weighted by atomic mass is 10.1. The van der Waals surface area contributed by atoms with Crippen LogP contribution in [0.2, 0.25) is 0 Å². The van der Waals surface area contributed by atoms with Crippen molar-refractivity contribution in [2.45, 2.75) is 6.42 Å². The van der Waals surface area contributed by atoms with Gasteiger partial charge < -0.3 is 4.90 Å². The molecule has 0 radical (unpaired) electrons. The molecule has 1 saturated heterocycles. The first-order valence-electron chi connectivity index (χ1n) is 4.65. The number of carbonyl (C=O) groups is 1. The van der Waals surface area contributed by atoms with E-state index in [2.05, 4.69) is 18.7 Å². The molecular weight excluding hydrogens is 228 g/mol. The zero-order chi connectivity index (χ0) is 10.8. The van der Waals surface area contributed by atoms with Gasteiger partial charge in [-0.05, 0) is 23.1 Å². The third kappa shape index (κ3) is 1.87. The molecule has 0 bridgehead atoms. The average molecular weight is 238 g/mol. The monoisotopic (exact) mass is 238 g/mol. The zero-order valence-electron chi connectivity index (χ0n) is 8.01. The standard InChI is InChI=1S/C10H10N2OS2/c11-4-8-1-2-15-10(8)12-5-7(6-14)3-9(12)13/h1-2,7,14H,3,5-6H2. The summed E-state index contributed by atoms with van der Waals surface area (Å²) in [6, 6.07) is 3.85. The summed E-state index contributed by atoms with van der Waals surface area (Å²) in [6.07, 6.45) is 0.548. The van der Waals surface area contributed by atoms with E-state index in [-0.39, 0.29) is 5.91 Å². The Hall–Kier alpha value is -0.990. The topological polar surface area (TPSA) is 44.1 Å². The predicted octanol–water partition coefficient (Wildman–Crippen LogP) is 1.90. The van der Waals surface area contributed by atoms with Crippen molar-refractivity contribution in [2.24, 2.45) is 5.92 Å². The molecule has 1 aromatic heterocycles. The van der Waals surface area contributed by atoms with Crippen molar-refractivity contribution in [3.05, 3.63) is 17.0 Å². The number of nitriles is 1. The summed E-state index contributed by atoms with van der Waals surface area (Å²) in [5, 5.41) is 11.5. The molecule has 78 valence electrons. The summed E-state index contributed by atoms with van der Waals surface area (Å²) in [4.78, 5) is 13.4. The fourth-order valence-electron chi connectivity index (χ4n) is 1.70. The van der Waals surface area contributed by atoms with Crippen LogP contribution in [0.25, 0.3) is 0 Å². The number of thiophene rings is 1. The predicted molar refractivity (Wildman–Crippen MR) is 63.3 cm³/mol. The van der Waals surface area contributed by atoms with Crippen molar-refractivity contribution in [2.75, 3.05) is 17.2 Å². The van der Waals surface area contributed by atoms with Crippen molar-refractivity contribution in [1.29, 1.82) is 5.26 Å². The highest BCUT2D eigenvalue weighted by Crippen LogP contribution is 2.32. The van der Waals surface area contributed by atoms with Crippen molar-refractivity contribution in [3.8, 4) is 6.07 Å². The molecular formula is C10H10N2OS2. The van der Waals surface area contributed by atoms with Crippen LogP contribution in [-0.4, -0.2) is 18.2 Å². The molecule has 0 N–H and O–H groups in total. The molecule has 1 fully saturated rings. The molecule has 0 aromatic carbocycles. The van der Waals surface area contributed by atoms with Gasteiger partial charge in [-0.1, -0.05) is 0 Å². The SMILES string of the molecule is N#Cc1ccsc1N1CC(CS)CC1=O. The quantitative estimate of drug-likeness (QED) is 0.800. The van der Waals surface area contributed by atoms with Crippen LogP contribution in [0, 0.1) is 17.2 Å². The van der Waals surface area contributed by atoms with Gasteiger partial charge in [-0.2, -0.15) is 17.9 Å². The number of nitrogens with zero attached hydrogens (tertiary/aromatic N) is 2. The van der Waals surface area contributed by atoms with Crippen LogP contribution in [0.5, 0.6) is 0 Å². The molecule has 1 atom stereocenters. The van der Waals surface area contributed by atoms with Gasteiger partial charge in [0.2, 0.25) is 5.91 Å². The Morgan fingerprint density at radius 1 is 1.73 bits per heavy atom. The number of carbonyl (C=O) groups excluding carboxylic acids is 1. The highest BCUT2D eigenvalue weighted by Gasteiger charge is 2.31. The molecule has 1 aromatic rings. The number of anilines is 1. The van der Waals surface area contributed by atoms with Gasteiger partial charge in [0.1, 0.15) is 11.1 Å². The van der Waals surface area contributed by atoms with Crippen LogP contribution in [0.3, 0.4) is 0 Å². The maximum atomic E-state index is 11.7. The van der Waals surface area contributed by atoms with Gasteiger partial charge in [-0.3, -0.25) is 4.79 Å². The lowest BCUT2D eigenvalue weighted by Gasteiger charge is -2.14. The highest BCUT2D eigenvalue weighted by atomic mass is 32.1. The van der Waals surface area contributed by atoms with E-state index in [9.17, 15) is 4.79 Å². The number of rotatable bonds is 2. The van der Waals surface area contributed by atoms with Crippen LogP contribution in [0.15, 0.2) is 11.4 Å². The summed E-state index contributed by atoms with van der Waals surface area (Å²) in [7, 11) is 0. The molecule has 15 heavy (non-hydrogen) atoms. The average Bonchev–Trinajstić information content (AvgIpc) is 2.82. The minimum absolute atomic E-state index is 0.105. The summed E-state index contributed by atoms with van der Waals surface area (Å²) >= 11 is 5.65. The second kappa shape index (κ2) is 4.25. The molecule has 0 aliphatic carbocycles. The Morgan fingerprint density at radius 3 is 3.13 bits per heavy atom. The molecule has 1 aliphatic heterocycles. The third-order valence-electron chi connectivity index (χ3n) is 2.47. The summed E-state index contributed by atoms with van der Waals surface area (Å²) in [5.74, 6) is 1.14. The molecule has 1 aliphatic rings. The first-order valence-corrected chi connectivity index (χ1v) is 6.16. The van der Waals surface area contributed by atoms with Crippen molar-refractivity contribution in [1.82, 2.24) is 0 Å². The van der Waals surface area contributed by atoms with E-state index < -0.39 is 0 Å². The normalized spacial score (nSPS) is 20.7. The molecule has 2 rings (SSSR count). The first-order chi connectivity index (χ1) is 7.26. The molecule has 1 unspecified atom stereocenters. The minimum atomic E-state index is 0.105. The molecule has 1 amide bonds. The number of amides is 1. The van der Waals surface area contributed by atoms with Gasteiger partial charge in [0.15, 0.2) is 0 Å². The number of thiol groups is 1. The minimum Gasteiger partial charge on any atom is -0.302 e. The molecule has 5 heteroatoms. The van der Waals surface area contributed by atoms with Gasteiger partial charge in [0.05, 0.1) is 5.56 Å². The smallest absolute Gasteiger partial charge is 0.228 e. The lowest BCUT2D eigenvalue weighted by molar-refractivity contribution is -0.117. The van der Waals surface area contributed by atoms with E-state index in [1.165, 1.54) is 11.3 Å². The van der Waals surface area contributed by atoms with Crippen molar-refractivity contribution < 1.29 is 4.79 Å². The van der Waals surface area contributed by atoms with Crippen LogP contribution in [-0.2, 0) is 4.79 Å². The van der Waals surface area contributed by atoms with Crippen LogP contribution in [0.1, 0.15) is 12.0 Å². The molecule has 0 saturated carbocycles. The number of hydrogen-bond acceptors (Lipinski definition) is 4. The second-order valence-electron chi connectivity index (χ2n) is 3.51. The van der Waals surface area contributed by atoms with Crippen molar-refractivity contribution >= 4 is 34.9 Å².